The van der Waals surface area contributed by atoms with Crippen LogP contribution in [0.3, 0.4) is 0 Å². The highest BCUT2D eigenvalue weighted by atomic mass is 35.5. The summed E-state index contributed by atoms with van der Waals surface area (Å²) in [5, 5.41) is 1.26. The molecule has 0 aliphatic carbocycles. The quantitative estimate of drug-likeness (QED) is 0.534. The molecule has 0 N–H and O–H groups in total. The summed E-state index contributed by atoms with van der Waals surface area (Å²) in [6, 6.07) is 13.1. The second-order valence-electron chi connectivity index (χ2n) is 7.23. The predicted molar refractivity (Wildman–Crippen MR) is 112 cm³/mol. The Labute approximate surface area is 161 Å². The highest BCUT2D eigenvalue weighted by Crippen LogP contribution is 2.63. The average Bonchev–Trinajstić information content (AvgIpc) is 2.62. The topological polar surface area (TPSA) is 12.9 Å². The van der Waals surface area contributed by atoms with E-state index in [1.165, 1.54) is 74.3 Å². The Morgan fingerprint density at radius 1 is 0.760 bits per heavy atom. The van der Waals surface area contributed by atoms with Crippen LogP contribution in [-0.4, -0.2) is 23.5 Å². The molecule has 0 fully saturated rings. The summed E-state index contributed by atoms with van der Waals surface area (Å²) in [6.07, 6.45) is 13.8. The van der Waals surface area contributed by atoms with Gasteiger partial charge < -0.3 is 12.4 Å². The number of hydrogen-bond donors (Lipinski definition) is 0. The van der Waals surface area contributed by atoms with E-state index >= 15 is 0 Å². The molecule has 0 saturated carbocycles. The lowest BCUT2D eigenvalue weighted by Crippen LogP contribution is -3.00. The van der Waals surface area contributed by atoms with E-state index in [-0.39, 0.29) is 12.4 Å². The van der Waals surface area contributed by atoms with Crippen LogP contribution in [-0.2, 0) is 6.16 Å². The number of halogens is 1. The maximum atomic E-state index is 5.01. The maximum absolute atomic E-state index is 5.01. The van der Waals surface area contributed by atoms with Crippen LogP contribution in [0.5, 0.6) is 0 Å². The van der Waals surface area contributed by atoms with E-state index in [0.29, 0.717) is 0 Å². The third kappa shape index (κ3) is 6.87. The van der Waals surface area contributed by atoms with Gasteiger partial charge in [-0.25, -0.2) is 4.98 Å². The van der Waals surface area contributed by atoms with Gasteiger partial charge >= 0.3 is 0 Å². The van der Waals surface area contributed by atoms with Crippen molar-refractivity contribution in [3.8, 4) is 0 Å². The van der Waals surface area contributed by atoms with E-state index in [4.69, 9.17) is 4.98 Å². The van der Waals surface area contributed by atoms with Crippen molar-refractivity contribution in [3.05, 3.63) is 42.1 Å². The van der Waals surface area contributed by atoms with Crippen molar-refractivity contribution < 1.29 is 12.4 Å². The fourth-order valence-corrected chi connectivity index (χ4v) is 8.56. The van der Waals surface area contributed by atoms with E-state index in [1.807, 2.05) is 0 Å². The molecule has 1 aromatic carbocycles. The number of nitrogens with zero attached hydrogens (tertiary/aromatic N) is 1. The van der Waals surface area contributed by atoms with Crippen molar-refractivity contribution in [2.24, 2.45) is 0 Å². The Morgan fingerprint density at radius 2 is 1.32 bits per heavy atom. The lowest BCUT2D eigenvalue weighted by atomic mass is 10.2. The zero-order chi connectivity index (χ0) is 17.3. The van der Waals surface area contributed by atoms with Gasteiger partial charge in [0.15, 0.2) is 0 Å². The maximum Gasteiger partial charge on any atom is 0.101 e. The van der Waals surface area contributed by atoms with Crippen LogP contribution in [0.25, 0.3) is 10.9 Å². The molecule has 2 aromatic rings. The van der Waals surface area contributed by atoms with Crippen LogP contribution in [0.1, 0.15) is 65.0 Å². The zero-order valence-corrected chi connectivity index (χ0v) is 18.0. The van der Waals surface area contributed by atoms with Gasteiger partial charge in [-0.05, 0) is 31.4 Å². The third-order valence-electron chi connectivity index (χ3n) is 5.11. The molecular formula is C22H35ClNP. The third-order valence-corrected chi connectivity index (χ3v) is 9.90. The molecular weight excluding hydrogens is 345 g/mol. The van der Waals surface area contributed by atoms with Crippen molar-refractivity contribution in [1.29, 1.82) is 0 Å². The summed E-state index contributed by atoms with van der Waals surface area (Å²) in [7, 11) is -0.908. The van der Waals surface area contributed by atoms with E-state index < -0.39 is 7.26 Å². The number of rotatable bonds is 11. The van der Waals surface area contributed by atoms with Crippen LogP contribution in [0, 0.1) is 0 Å². The first-order valence-corrected chi connectivity index (χ1v) is 12.5. The van der Waals surface area contributed by atoms with Crippen molar-refractivity contribution in [1.82, 2.24) is 4.98 Å². The smallest absolute Gasteiger partial charge is 0.101 e. The Morgan fingerprint density at radius 3 is 1.88 bits per heavy atom. The minimum atomic E-state index is -0.908. The van der Waals surface area contributed by atoms with Crippen molar-refractivity contribution in [3.63, 3.8) is 0 Å². The Kier molecular flexibility index (Phi) is 10.6. The molecule has 0 unspecified atom stereocenters. The summed E-state index contributed by atoms with van der Waals surface area (Å²) in [5.74, 6) is 0. The van der Waals surface area contributed by atoms with Gasteiger partial charge in [0.05, 0.1) is 29.7 Å². The summed E-state index contributed by atoms with van der Waals surface area (Å²) < 4.78 is 0. The molecule has 0 bridgehead atoms. The zero-order valence-electron chi connectivity index (χ0n) is 16.3. The summed E-state index contributed by atoms with van der Waals surface area (Å²) in [5.41, 5.74) is 2.50. The summed E-state index contributed by atoms with van der Waals surface area (Å²) in [6.45, 7) is 7.01. The molecule has 0 aliphatic heterocycles. The molecule has 0 radical (unpaired) electrons. The van der Waals surface area contributed by atoms with Crippen LogP contribution in [0.4, 0.5) is 0 Å². The molecule has 1 heterocycles. The van der Waals surface area contributed by atoms with Crippen molar-refractivity contribution in [2.75, 3.05) is 18.5 Å². The summed E-state index contributed by atoms with van der Waals surface area (Å²) >= 11 is 0. The fourth-order valence-electron chi connectivity index (χ4n) is 3.59. The lowest BCUT2D eigenvalue weighted by molar-refractivity contribution is -0.00000535. The van der Waals surface area contributed by atoms with Gasteiger partial charge in [-0.1, -0.05) is 64.3 Å². The highest BCUT2D eigenvalue weighted by molar-refractivity contribution is 7.75. The number of para-hydroxylation sites is 1. The van der Waals surface area contributed by atoms with Gasteiger partial charge in [-0.2, -0.15) is 0 Å². The monoisotopic (exact) mass is 379 g/mol. The van der Waals surface area contributed by atoms with Crippen molar-refractivity contribution >= 4 is 18.2 Å². The van der Waals surface area contributed by atoms with E-state index in [9.17, 15) is 0 Å². The van der Waals surface area contributed by atoms with Crippen LogP contribution < -0.4 is 12.4 Å². The molecule has 25 heavy (non-hydrogen) atoms. The first-order valence-electron chi connectivity index (χ1n) is 9.93. The number of benzene rings is 1. The number of fused-ring (bicyclic) bond motifs is 1. The fraction of sp³-hybridized carbons (Fsp3) is 0.591. The van der Waals surface area contributed by atoms with E-state index in [0.717, 1.165) is 5.52 Å². The van der Waals surface area contributed by atoms with Crippen LogP contribution >= 0.6 is 7.26 Å². The molecule has 2 rings (SSSR count). The highest BCUT2D eigenvalue weighted by Gasteiger charge is 2.36. The van der Waals surface area contributed by atoms with Gasteiger partial charge in [0.25, 0.3) is 0 Å². The molecule has 0 saturated heterocycles. The summed E-state index contributed by atoms with van der Waals surface area (Å²) in [4.78, 5) is 5.01. The molecule has 0 spiro atoms. The normalized spacial score (nSPS) is 11.5. The second-order valence-corrected chi connectivity index (χ2v) is 11.6. The van der Waals surface area contributed by atoms with Gasteiger partial charge in [-0.3, -0.25) is 0 Å². The van der Waals surface area contributed by atoms with Gasteiger partial charge in [0, 0.05) is 12.6 Å². The first kappa shape index (κ1) is 22.4. The Balaban J connectivity index is 0.00000312. The van der Waals surface area contributed by atoms with Crippen LogP contribution in [0.2, 0.25) is 0 Å². The van der Waals surface area contributed by atoms with E-state index in [1.54, 1.807) is 0 Å². The minimum Gasteiger partial charge on any atom is -1.00 e. The molecule has 1 nitrogen and oxygen atoms in total. The second kappa shape index (κ2) is 11.9. The van der Waals surface area contributed by atoms with Crippen molar-refractivity contribution in [2.45, 2.75) is 65.5 Å². The SMILES string of the molecule is CCCC[P+](CCCC)(CCCC)Cc1ccc2ccccc2n1.[Cl-]. The van der Waals surface area contributed by atoms with Gasteiger partial charge in [-0.15, -0.1) is 0 Å². The predicted octanol–water partition coefficient (Wildman–Crippen LogP) is 4.16. The average molecular weight is 380 g/mol. The molecule has 0 amide bonds. The number of unbranched alkanes of at least 4 members (excludes halogenated alkanes) is 3. The minimum absolute atomic E-state index is 0. The standard InChI is InChI=1S/C22H35NP.ClH/c1-4-7-16-24(17-8-5-2,18-9-6-3)19-21-15-14-20-12-10-11-13-22(20)23-21;/h10-15H,4-9,16-19H2,1-3H3;1H/q+1;/p-1. The number of pyridine rings is 1. The Bertz CT molecular complexity index is 592. The molecule has 0 atom stereocenters. The largest absolute Gasteiger partial charge is 1.00 e. The lowest BCUT2D eigenvalue weighted by Gasteiger charge is -2.28. The molecule has 1 aromatic heterocycles. The Hall–Kier alpha value is -0.650. The van der Waals surface area contributed by atoms with Crippen LogP contribution in [0.15, 0.2) is 36.4 Å². The first-order chi connectivity index (χ1) is 11.7. The molecule has 3 heteroatoms. The van der Waals surface area contributed by atoms with Gasteiger partial charge in [0.1, 0.15) is 6.16 Å². The number of aromatic nitrogens is 1. The molecule has 0 aliphatic rings. The number of hydrogen-bond acceptors (Lipinski definition) is 1. The molecule has 140 valence electrons. The van der Waals surface area contributed by atoms with E-state index in [2.05, 4.69) is 57.2 Å². The van der Waals surface area contributed by atoms with Gasteiger partial charge in [0.2, 0.25) is 0 Å².